The number of hydrogen-bond acceptors (Lipinski definition) is 3. The van der Waals surface area contributed by atoms with Crippen molar-refractivity contribution in [1.82, 2.24) is 15.4 Å². The predicted octanol–water partition coefficient (Wildman–Crippen LogP) is 2.52. The molecule has 2 amide bonds. The van der Waals surface area contributed by atoms with Crippen molar-refractivity contribution in [2.24, 2.45) is 7.05 Å². The molecule has 0 bridgehead atoms. The molecule has 6 nitrogen and oxygen atoms in total. The lowest BCUT2D eigenvalue weighted by molar-refractivity contribution is 0.0840. The summed E-state index contributed by atoms with van der Waals surface area (Å²) in [6.45, 7) is 0. The Labute approximate surface area is 140 Å². The molecule has 0 aliphatic carbocycles. The maximum absolute atomic E-state index is 12.1. The van der Waals surface area contributed by atoms with Crippen LogP contribution >= 0.6 is 27.5 Å². The van der Waals surface area contributed by atoms with Gasteiger partial charge in [-0.25, -0.2) is 0 Å². The Balaban J connectivity index is 2.07. The summed E-state index contributed by atoms with van der Waals surface area (Å²) in [6.07, 6.45) is 1.74. The second kappa shape index (κ2) is 6.85. The number of aryl methyl sites for hydroxylation is 1. The maximum atomic E-state index is 12.1. The standard InChI is InChI=1S/C14H13BrClN3O3/c1-19-7-8(15)5-11(19)14(21)18-17-13(20)10-4-3-9(16)6-12(10)22-2/h3-7H,1-2H3,(H,17,20)(H,18,21). The normalized spacial score (nSPS) is 10.2. The fourth-order valence-corrected chi connectivity index (χ4v) is 2.53. The number of nitrogens with one attached hydrogen (secondary N) is 2. The lowest BCUT2D eigenvalue weighted by atomic mass is 10.2. The van der Waals surface area contributed by atoms with Crippen LogP contribution in [0.15, 0.2) is 34.9 Å². The first-order valence-electron chi connectivity index (χ1n) is 6.18. The highest BCUT2D eigenvalue weighted by molar-refractivity contribution is 9.10. The van der Waals surface area contributed by atoms with Crippen LogP contribution in [0.5, 0.6) is 5.75 Å². The number of halogens is 2. The summed E-state index contributed by atoms with van der Waals surface area (Å²) < 4.78 is 7.50. The van der Waals surface area contributed by atoms with Gasteiger partial charge in [-0.2, -0.15) is 0 Å². The zero-order valence-electron chi connectivity index (χ0n) is 11.8. The number of methoxy groups -OCH3 is 1. The van der Waals surface area contributed by atoms with Crippen molar-refractivity contribution >= 4 is 39.3 Å². The van der Waals surface area contributed by atoms with Crippen molar-refractivity contribution in [2.45, 2.75) is 0 Å². The highest BCUT2D eigenvalue weighted by Crippen LogP contribution is 2.22. The van der Waals surface area contributed by atoms with Crippen LogP contribution in [0.2, 0.25) is 5.02 Å². The number of hydrogen-bond donors (Lipinski definition) is 2. The molecule has 8 heteroatoms. The smallest absolute Gasteiger partial charge is 0.286 e. The number of hydrazine groups is 1. The summed E-state index contributed by atoms with van der Waals surface area (Å²) in [7, 11) is 3.16. The van der Waals surface area contributed by atoms with E-state index >= 15 is 0 Å². The third-order valence-corrected chi connectivity index (χ3v) is 3.57. The van der Waals surface area contributed by atoms with Gasteiger partial charge < -0.3 is 9.30 Å². The van der Waals surface area contributed by atoms with Crippen LogP contribution in [0, 0.1) is 0 Å². The Bertz CT molecular complexity index is 730. The van der Waals surface area contributed by atoms with Gasteiger partial charge in [0, 0.05) is 22.7 Å². The lowest BCUT2D eigenvalue weighted by Gasteiger charge is -2.11. The zero-order valence-corrected chi connectivity index (χ0v) is 14.2. The predicted molar refractivity (Wildman–Crippen MR) is 86.0 cm³/mol. The Morgan fingerprint density at radius 1 is 1.23 bits per heavy atom. The fraction of sp³-hybridized carbons (Fsp3) is 0.143. The van der Waals surface area contributed by atoms with Crippen molar-refractivity contribution < 1.29 is 14.3 Å². The summed E-state index contributed by atoms with van der Waals surface area (Å²) in [5, 5.41) is 0.450. The highest BCUT2D eigenvalue weighted by atomic mass is 79.9. The van der Waals surface area contributed by atoms with E-state index in [4.69, 9.17) is 16.3 Å². The molecule has 0 atom stereocenters. The average molecular weight is 387 g/mol. The minimum Gasteiger partial charge on any atom is -0.496 e. The molecular formula is C14H13BrClN3O3. The summed E-state index contributed by atoms with van der Waals surface area (Å²) in [5.74, 6) is -0.620. The summed E-state index contributed by atoms with van der Waals surface area (Å²) in [4.78, 5) is 24.1. The average Bonchev–Trinajstić information content (AvgIpc) is 2.83. The lowest BCUT2D eigenvalue weighted by Crippen LogP contribution is -2.42. The monoisotopic (exact) mass is 385 g/mol. The number of rotatable bonds is 3. The van der Waals surface area contributed by atoms with E-state index in [2.05, 4.69) is 26.8 Å². The summed E-state index contributed by atoms with van der Waals surface area (Å²) >= 11 is 9.12. The molecule has 1 aromatic carbocycles. The van der Waals surface area contributed by atoms with Crippen molar-refractivity contribution in [1.29, 1.82) is 0 Å². The Morgan fingerprint density at radius 3 is 2.50 bits per heavy atom. The van der Waals surface area contributed by atoms with Crippen LogP contribution in [0.3, 0.4) is 0 Å². The number of benzene rings is 1. The van der Waals surface area contributed by atoms with Crippen molar-refractivity contribution in [3.05, 3.63) is 51.2 Å². The van der Waals surface area contributed by atoms with Crippen molar-refractivity contribution in [3.8, 4) is 5.75 Å². The largest absolute Gasteiger partial charge is 0.496 e. The molecule has 1 heterocycles. The molecule has 2 rings (SSSR count). The minimum absolute atomic E-state index is 0.264. The molecule has 2 N–H and O–H groups in total. The molecule has 0 aliphatic rings. The number of ether oxygens (including phenoxy) is 1. The van der Waals surface area contributed by atoms with Gasteiger partial charge in [-0.15, -0.1) is 0 Å². The van der Waals surface area contributed by atoms with Crippen molar-refractivity contribution in [3.63, 3.8) is 0 Å². The van der Waals surface area contributed by atoms with Gasteiger partial charge in [-0.05, 0) is 40.2 Å². The second-order valence-electron chi connectivity index (χ2n) is 4.41. The third kappa shape index (κ3) is 3.61. The van der Waals surface area contributed by atoms with E-state index in [0.717, 1.165) is 4.47 Å². The molecule has 0 spiro atoms. The fourth-order valence-electron chi connectivity index (χ4n) is 1.85. The Hall–Kier alpha value is -1.99. The van der Waals surface area contributed by atoms with Gasteiger partial charge in [-0.1, -0.05) is 11.6 Å². The van der Waals surface area contributed by atoms with Crippen LogP contribution in [-0.2, 0) is 7.05 Å². The molecule has 0 radical (unpaired) electrons. The number of nitrogens with zero attached hydrogens (tertiary/aromatic N) is 1. The number of amides is 2. The van der Waals surface area contributed by atoms with Gasteiger partial charge in [0.2, 0.25) is 0 Å². The number of carbonyl (C=O) groups excluding carboxylic acids is 2. The van der Waals surface area contributed by atoms with Crippen molar-refractivity contribution in [2.75, 3.05) is 7.11 Å². The first-order valence-corrected chi connectivity index (χ1v) is 7.35. The topological polar surface area (TPSA) is 72.4 Å². The first-order chi connectivity index (χ1) is 10.4. The number of aromatic nitrogens is 1. The van der Waals surface area contributed by atoms with E-state index in [-0.39, 0.29) is 5.56 Å². The quantitative estimate of drug-likeness (QED) is 0.796. The maximum Gasteiger partial charge on any atom is 0.286 e. The van der Waals surface area contributed by atoms with Gasteiger partial charge in [-0.3, -0.25) is 20.4 Å². The van der Waals surface area contributed by atoms with E-state index in [9.17, 15) is 9.59 Å². The van der Waals surface area contributed by atoms with E-state index in [1.165, 1.54) is 19.2 Å². The van der Waals surface area contributed by atoms with Gasteiger partial charge >= 0.3 is 0 Å². The molecule has 22 heavy (non-hydrogen) atoms. The molecule has 0 unspecified atom stereocenters. The first kappa shape index (κ1) is 16.4. The van der Waals surface area contributed by atoms with Crippen LogP contribution in [0.1, 0.15) is 20.8 Å². The molecule has 1 aromatic heterocycles. The van der Waals surface area contributed by atoms with Crippen LogP contribution in [-0.4, -0.2) is 23.5 Å². The Morgan fingerprint density at radius 2 is 1.91 bits per heavy atom. The van der Waals surface area contributed by atoms with E-state index in [1.54, 1.807) is 29.9 Å². The van der Waals surface area contributed by atoms with E-state index in [0.29, 0.717) is 16.5 Å². The molecule has 0 saturated carbocycles. The summed E-state index contributed by atoms with van der Waals surface area (Å²) in [5.41, 5.74) is 5.35. The van der Waals surface area contributed by atoms with Gasteiger partial charge in [0.1, 0.15) is 11.4 Å². The van der Waals surface area contributed by atoms with Gasteiger partial charge in [0.25, 0.3) is 11.8 Å². The molecule has 2 aromatic rings. The highest BCUT2D eigenvalue weighted by Gasteiger charge is 2.15. The Kier molecular flexibility index (Phi) is 5.10. The van der Waals surface area contributed by atoms with E-state index < -0.39 is 11.8 Å². The molecule has 116 valence electrons. The number of carbonyl (C=O) groups is 2. The third-order valence-electron chi connectivity index (χ3n) is 2.90. The molecule has 0 fully saturated rings. The van der Waals surface area contributed by atoms with Gasteiger partial charge in [0.05, 0.1) is 12.7 Å². The van der Waals surface area contributed by atoms with Gasteiger partial charge in [0.15, 0.2) is 0 Å². The van der Waals surface area contributed by atoms with E-state index in [1.807, 2.05) is 0 Å². The SMILES string of the molecule is COc1cc(Cl)ccc1C(=O)NNC(=O)c1cc(Br)cn1C. The molecule has 0 aliphatic heterocycles. The van der Waals surface area contributed by atoms with Crippen LogP contribution in [0.4, 0.5) is 0 Å². The zero-order chi connectivity index (χ0) is 16.3. The van der Waals surface area contributed by atoms with Crippen LogP contribution < -0.4 is 15.6 Å². The second-order valence-corrected chi connectivity index (χ2v) is 5.76. The summed E-state index contributed by atoms with van der Waals surface area (Å²) in [6, 6.07) is 6.24. The van der Waals surface area contributed by atoms with Crippen LogP contribution in [0.25, 0.3) is 0 Å². The molecule has 0 saturated heterocycles. The minimum atomic E-state index is -0.504. The molecular weight excluding hydrogens is 374 g/mol.